The number of ether oxygens (including phenoxy) is 1. The van der Waals surface area contributed by atoms with E-state index in [1.807, 2.05) is 0 Å². The van der Waals surface area contributed by atoms with Crippen molar-refractivity contribution in [1.82, 2.24) is 9.97 Å². The van der Waals surface area contributed by atoms with Crippen molar-refractivity contribution >= 4 is 35.0 Å². The largest absolute Gasteiger partial charge is 0.478 e. The quantitative estimate of drug-likeness (QED) is 0.874. The Kier molecular flexibility index (Phi) is 4.77. The molecule has 1 saturated heterocycles. The molecule has 2 heterocycles. The summed E-state index contributed by atoms with van der Waals surface area (Å²) < 4.78 is 19.2. The maximum atomic E-state index is 14.0. The van der Waals surface area contributed by atoms with Gasteiger partial charge in [-0.1, -0.05) is 11.6 Å². The molecule has 2 N–H and O–H groups in total. The zero-order valence-corrected chi connectivity index (χ0v) is 13.3. The zero-order chi connectivity index (χ0) is 17.1. The highest BCUT2D eigenvalue weighted by molar-refractivity contribution is 6.33. The topological polar surface area (TPSA) is 87.6 Å². The van der Waals surface area contributed by atoms with Gasteiger partial charge in [0.15, 0.2) is 11.6 Å². The second-order valence-electron chi connectivity index (χ2n) is 5.09. The summed E-state index contributed by atoms with van der Waals surface area (Å²) in [5.74, 6) is -1.23. The maximum Gasteiger partial charge on any atom is 0.335 e. The van der Waals surface area contributed by atoms with Crippen molar-refractivity contribution in [3.05, 3.63) is 40.8 Å². The third-order valence-electron chi connectivity index (χ3n) is 3.50. The summed E-state index contributed by atoms with van der Waals surface area (Å²) in [5, 5.41) is 12.0. The van der Waals surface area contributed by atoms with E-state index in [0.29, 0.717) is 32.0 Å². The minimum Gasteiger partial charge on any atom is -0.478 e. The number of hydrogen-bond acceptors (Lipinski definition) is 6. The van der Waals surface area contributed by atoms with Crippen LogP contribution in [-0.4, -0.2) is 47.3 Å². The van der Waals surface area contributed by atoms with Crippen molar-refractivity contribution in [3.8, 4) is 0 Å². The number of benzene rings is 1. The maximum absolute atomic E-state index is 14.0. The molecule has 0 atom stereocenters. The highest BCUT2D eigenvalue weighted by Gasteiger charge is 2.18. The molecule has 9 heteroatoms. The molecule has 3 rings (SSSR count). The summed E-state index contributed by atoms with van der Waals surface area (Å²) in [6.07, 6.45) is 1.08. The third kappa shape index (κ3) is 3.55. The zero-order valence-electron chi connectivity index (χ0n) is 12.5. The molecule has 1 fully saturated rings. The number of hydrogen-bond donors (Lipinski definition) is 2. The smallest absolute Gasteiger partial charge is 0.335 e. The van der Waals surface area contributed by atoms with Crippen LogP contribution in [0.3, 0.4) is 0 Å². The van der Waals surface area contributed by atoms with Crippen LogP contribution in [0.2, 0.25) is 5.02 Å². The van der Waals surface area contributed by atoms with Crippen molar-refractivity contribution < 1.29 is 19.0 Å². The van der Waals surface area contributed by atoms with E-state index in [1.165, 1.54) is 18.2 Å². The van der Waals surface area contributed by atoms with Gasteiger partial charge in [0.2, 0.25) is 5.95 Å². The molecule has 24 heavy (non-hydrogen) atoms. The molecular formula is C15H14ClFN4O3. The Bertz CT molecular complexity index is 768. The molecule has 1 aromatic carbocycles. The van der Waals surface area contributed by atoms with Crippen molar-refractivity contribution in [2.75, 3.05) is 36.5 Å². The van der Waals surface area contributed by atoms with Crippen LogP contribution >= 0.6 is 11.6 Å². The van der Waals surface area contributed by atoms with E-state index in [1.54, 1.807) is 4.90 Å². The van der Waals surface area contributed by atoms with Crippen LogP contribution in [0.5, 0.6) is 0 Å². The van der Waals surface area contributed by atoms with E-state index < -0.39 is 11.8 Å². The lowest BCUT2D eigenvalue weighted by Crippen LogP contribution is -2.37. The van der Waals surface area contributed by atoms with Crippen LogP contribution in [-0.2, 0) is 4.74 Å². The lowest BCUT2D eigenvalue weighted by Gasteiger charge is -2.28. The summed E-state index contributed by atoms with van der Waals surface area (Å²) in [6.45, 7) is 2.10. The first-order valence-corrected chi connectivity index (χ1v) is 7.57. The van der Waals surface area contributed by atoms with Gasteiger partial charge in [0, 0.05) is 13.1 Å². The first-order chi connectivity index (χ1) is 11.5. The van der Waals surface area contributed by atoms with E-state index in [0.717, 1.165) is 6.20 Å². The average Bonchev–Trinajstić information content (AvgIpc) is 2.59. The van der Waals surface area contributed by atoms with Gasteiger partial charge in [-0.3, -0.25) is 0 Å². The van der Waals surface area contributed by atoms with Crippen molar-refractivity contribution in [2.24, 2.45) is 0 Å². The van der Waals surface area contributed by atoms with Crippen LogP contribution < -0.4 is 10.2 Å². The first kappa shape index (κ1) is 16.4. The van der Waals surface area contributed by atoms with E-state index in [2.05, 4.69) is 15.3 Å². The second kappa shape index (κ2) is 6.98. The lowest BCUT2D eigenvalue weighted by atomic mass is 10.2. The second-order valence-corrected chi connectivity index (χ2v) is 5.50. The van der Waals surface area contributed by atoms with E-state index in [4.69, 9.17) is 21.4 Å². The predicted molar refractivity (Wildman–Crippen MR) is 86.7 cm³/mol. The Morgan fingerprint density at radius 3 is 2.79 bits per heavy atom. The summed E-state index contributed by atoms with van der Waals surface area (Å²) in [4.78, 5) is 20.8. The Hall–Kier alpha value is -2.45. The monoisotopic (exact) mass is 352 g/mol. The van der Waals surface area contributed by atoms with Crippen LogP contribution in [0.15, 0.2) is 24.4 Å². The number of rotatable bonds is 4. The van der Waals surface area contributed by atoms with Crippen LogP contribution in [0.4, 0.5) is 21.8 Å². The lowest BCUT2D eigenvalue weighted by molar-refractivity contribution is 0.0697. The van der Waals surface area contributed by atoms with Gasteiger partial charge in [-0.15, -0.1) is 0 Å². The highest BCUT2D eigenvalue weighted by Crippen LogP contribution is 2.26. The molecule has 1 aliphatic rings. The van der Waals surface area contributed by atoms with Crippen LogP contribution in [0.25, 0.3) is 0 Å². The fourth-order valence-corrected chi connectivity index (χ4v) is 2.51. The van der Waals surface area contributed by atoms with Crippen molar-refractivity contribution in [3.63, 3.8) is 0 Å². The number of carbonyl (C=O) groups is 1. The number of carboxylic acid groups (broad SMARTS) is 1. The van der Waals surface area contributed by atoms with Gasteiger partial charge in [0.1, 0.15) is 0 Å². The number of halogens is 2. The molecule has 0 spiro atoms. The molecule has 0 radical (unpaired) electrons. The van der Waals surface area contributed by atoms with Gasteiger partial charge < -0.3 is 20.1 Å². The first-order valence-electron chi connectivity index (χ1n) is 7.19. The fraction of sp³-hybridized carbons (Fsp3) is 0.267. The standard InChI is InChI=1S/C15H14ClFN4O3/c16-10-7-9(14(22)23)1-2-12(10)19-15-18-8-11(17)13(20-15)21-3-5-24-6-4-21/h1-2,7-8H,3-6H2,(H,22,23)(H,18,19,20). The number of anilines is 3. The highest BCUT2D eigenvalue weighted by atomic mass is 35.5. The molecule has 0 saturated carbocycles. The van der Waals surface area contributed by atoms with Gasteiger partial charge in [0.25, 0.3) is 0 Å². The Morgan fingerprint density at radius 2 is 2.12 bits per heavy atom. The molecule has 1 aliphatic heterocycles. The number of nitrogens with one attached hydrogen (secondary N) is 1. The molecule has 2 aromatic rings. The Morgan fingerprint density at radius 1 is 1.38 bits per heavy atom. The molecule has 0 amide bonds. The third-order valence-corrected chi connectivity index (χ3v) is 3.81. The summed E-state index contributed by atoms with van der Waals surface area (Å²) in [7, 11) is 0. The van der Waals surface area contributed by atoms with Crippen LogP contribution in [0.1, 0.15) is 10.4 Å². The number of nitrogens with zero attached hydrogens (tertiary/aromatic N) is 3. The van der Waals surface area contributed by atoms with Gasteiger partial charge in [-0.25, -0.2) is 14.2 Å². The molecule has 7 nitrogen and oxygen atoms in total. The molecule has 0 bridgehead atoms. The number of carboxylic acids is 1. The molecule has 126 valence electrons. The van der Waals surface area contributed by atoms with Crippen molar-refractivity contribution in [1.29, 1.82) is 0 Å². The molecule has 1 aromatic heterocycles. The molecule has 0 aliphatic carbocycles. The van der Waals surface area contributed by atoms with Gasteiger partial charge in [-0.05, 0) is 18.2 Å². The Balaban J connectivity index is 1.84. The number of morpholine rings is 1. The normalized spacial score (nSPS) is 14.5. The van der Waals surface area contributed by atoms with Gasteiger partial charge >= 0.3 is 5.97 Å². The predicted octanol–water partition coefficient (Wildman–Crippen LogP) is 2.55. The SMILES string of the molecule is O=C(O)c1ccc(Nc2ncc(F)c(N3CCOCC3)n2)c(Cl)c1. The van der Waals surface area contributed by atoms with E-state index in [-0.39, 0.29) is 22.4 Å². The van der Waals surface area contributed by atoms with Gasteiger partial charge in [0.05, 0.1) is 35.7 Å². The number of aromatic nitrogens is 2. The van der Waals surface area contributed by atoms with Crippen LogP contribution in [0, 0.1) is 5.82 Å². The minimum absolute atomic E-state index is 0.0691. The van der Waals surface area contributed by atoms with Gasteiger partial charge in [-0.2, -0.15) is 4.98 Å². The van der Waals surface area contributed by atoms with Crippen molar-refractivity contribution in [2.45, 2.75) is 0 Å². The minimum atomic E-state index is -1.07. The fourth-order valence-electron chi connectivity index (χ4n) is 2.29. The number of aromatic carboxylic acids is 1. The molecule has 0 unspecified atom stereocenters. The summed E-state index contributed by atoms with van der Waals surface area (Å²) in [6, 6.07) is 4.23. The van der Waals surface area contributed by atoms with E-state index >= 15 is 0 Å². The van der Waals surface area contributed by atoms with E-state index in [9.17, 15) is 9.18 Å². The summed E-state index contributed by atoms with van der Waals surface area (Å²) >= 11 is 6.06. The average molecular weight is 353 g/mol. The Labute approximate surface area is 142 Å². The molecular weight excluding hydrogens is 339 g/mol. The summed E-state index contributed by atoms with van der Waals surface area (Å²) in [5.41, 5.74) is 0.501.